The van der Waals surface area contributed by atoms with Gasteiger partial charge in [-0.05, 0) is 49.6 Å². The zero-order chi connectivity index (χ0) is 21.7. The van der Waals surface area contributed by atoms with Crippen molar-refractivity contribution < 1.29 is 23.1 Å². The monoisotopic (exact) mass is 450 g/mol. The number of thiazole rings is 1. The lowest BCUT2D eigenvalue weighted by Crippen LogP contribution is -2.30. The van der Waals surface area contributed by atoms with Gasteiger partial charge in [-0.2, -0.15) is 0 Å². The molecule has 1 heterocycles. The normalized spacial score (nSPS) is 10.9. The molecule has 0 aliphatic carbocycles. The number of rotatable bonds is 8. The fraction of sp³-hybridized carbons (Fsp3) is 0.286. The molecule has 0 aliphatic rings. The molecule has 2 aromatic carbocycles. The lowest BCUT2D eigenvalue weighted by Gasteiger charge is -2.22. The van der Waals surface area contributed by atoms with Crippen LogP contribution < -0.4 is 4.90 Å². The van der Waals surface area contributed by atoms with Gasteiger partial charge >= 0.3 is 5.97 Å². The highest BCUT2D eigenvalue weighted by molar-refractivity contribution is 7.98. The molecule has 0 fully saturated rings. The summed E-state index contributed by atoms with van der Waals surface area (Å²) in [6, 6.07) is 9.83. The van der Waals surface area contributed by atoms with Crippen LogP contribution in [0.3, 0.4) is 0 Å². The second kappa shape index (κ2) is 9.99. The van der Waals surface area contributed by atoms with E-state index in [4.69, 9.17) is 4.74 Å². The average molecular weight is 451 g/mol. The third kappa shape index (κ3) is 5.14. The van der Waals surface area contributed by atoms with E-state index < -0.39 is 17.6 Å². The number of halogens is 2. The van der Waals surface area contributed by atoms with E-state index in [9.17, 15) is 18.4 Å². The van der Waals surface area contributed by atoms with Crippen molar-refractivity contribution in [3.63, 3.8) is 0 Å². The zero-order valence-electron chi connectivity index (χ0n) is 16.5. The SMILES string of the molecule is CCOC(=O)CCC(=O)N(Cc1nc2ccc(F)c(F)c2s1)c1ccc(SC)cc1. The summed E-state index contributed by atoms with van der Waals surface area (Å²) < 4.78 is 32.6. The number of ether oxygens (including phenoxy) is 1. The van der Waals surface area contributed by atoms with Crippen molar-refractivity contribution >= 4 is 50.9 Å². The third-order valence-electron chi connectivity index (χ3n) is 4.32. The summed E-state index contributed by atoms with van der Waals surface area (Å²) in [5.74, 6) is -2.61. The largest absolute Gasteiger partial charge is 0.466 e. The van der Waals surface area contributed by atoms with Crippen LogP contribution in [-0.2, 0) is 20.9 Å². The number of benzene rings is 2. The molecule has 3 aromatic rings. The number of hydrogen-bond acceptors (Lipinski definition) is 6. The first kappa shape index (κ1) is 22.2. The molecule has 0 aliphatic heterocycles. The van der Waals surface area contributed by atoms with Crippen LogP contribution in [0.4, 0.5) is 14.5 Å². The second-order valence-corrected chi connectivity index (χ2v) is 8.26. The highest BCUT2D eigenvalue weighted by Crippen LogP contribution is 2.29. The Morgan fingerprint density at radius 1 is 1.13 bits per heavy atom. The number of hydrogen-bond donors (Lipinski definition) is 0. The minimum absolute atomic E-state index is 0.0308. The number of thioether (sulfide) groups is 1. The molecule has 0 radical (unpaired) electrons. The molecule has 0 N–H and O–H groups in total. The molecule has 0 unspecified atom stereocenters. The van der Waals surface area contributed by atoms with E-state index in [-0.39, 0.29) is 36.6 Å². The van der Waals surface area contributed by atoms with Crippen LogP contribution in [0.25, 0.3) is 10.2 Å². The summed E-state index contributed by atoms with van der Waals surface area (Å²) in [7, 11) is 0. The van der Waals surface area contributed by atoms with Crippen molar-refractivity contribution in [2.45, 2.75) is 31.2 Å². The van der Waals surface area contributed by atoms with E-state index in [1.807, 2.05) is 30.5 Å². The summed E-state index contributed by atoms with van der Waals surface area (Å²) in [5, 5.41) is 0.466. The van der Waals surface area contributed by atoms with Crippen LogP contribution in [0, 0.1) is 11.6 Å². The van der Waals surface area contributed by atoms with Gasteiger partial charge in [0.25, 0.3) is 0 Å². The summed E-state index contributed by atoms with van der Waals surface area (Å²) in [6.45, 7) is 2.04. The van der Waals surface area contributed by atoms with Gasteiger partial charge in [-0.3, -0.25) is 9.59 Å². The van der Waals surface area contributed by atoms with E-state index in [2.05, 4.69) is 4.98 Å². The topological polar surface area (TPSA) is 59.5 Å². The molecule has 1 aromatic heterocycles. The van der Waals surface area contributed by atoms with E-state index in [1.165, 1.54) is 11.0 Å². The summed E-state index contributed by atoms with van der Waals surface area (Å²) >= 11 is 2.58. The lowest BCUT2D eigenvalue weighted by molar-refractivity contribution is -0.144. The van der Waals surface area contributed by atoms with Crippen molar-refractivity contribution in [1.29, 1.82) is 0 Å². The Balaban J connectivity index is 1.87. The molecule has 0 saturated heterocycles. The van der Waals surface area contributed by atoms with Crippen molar-refractivity contribution in [3.8, 4) is 0 Å². The van der Waals surface area contributed by atoms with Gasteiger partial charge in [-0.1, -0.05) is 0 Å². The molecule has 9 heteroatoms. The Hall–Kier alpha value is -2.52. The molecule has 5 nitrogen and oxygen atoms in total. The van der Waals surface area contributed by atoms with Crippen molar-refractivity contribution in [2.24, 2.45) is 0 Å². The van der Waals surface area contributed by atoms with Gasteiger partial charge in [-0.25, -0.2) is 13.8 Å². The zero-order valence-corrected chi connectivity index (χ0v) is 18.1. The maximum atomic E-state index is 14.1. The van der Waals surface area contributed by atoms with Gasteiger partial charge in [0.1, 0.15) is 5.01 Å². The van der Waals surface area contributed by atoms with E-state index in [0.29, 0.717) is 16.2 Å². The van der Waals surface area contributed by atoms with Gasteiger partial charge in [0.15, 0.2) is 11.6 Å². The number of carbonyl (C=O) groups excluding carboxylic acids is 2. The number of fused-ring (bicyclic) bond motifs is 1. The van der Waals surface area contributed by atoms with Crippen molar-refractivity contribution in [2.75, 3.05) is 17.8 Å². The predicted octanol–water partition coefficient (Wildman–Crippen LogP) is 5.17. The molecule has 0 bridgehead atoms. The van der Waals surface area contributed by atoms with Gasteiger partial charge < -0.3 is 9.64 Å². The Morgan fingerprint density at radius 2 is 1.87 bits per heavy atom. The fourth-order valence-electron chi connectivity index (χ4n) is 2.85. The van der Waals surface area contributed by atoms with E-state index in [1.54, 1.807) is 18.7 Å². The molecular weight excluding hydrogens is 430 g/mol. The van der Waals surface area contributed by atoms with Crippen molar-refractivity contribution in [3.05, 3.63) is 53.0 Å². The van der Waals surface area contributed by atoms with E-state index in [0.717, 1.165) is 22.3 Å². The third-order valence-corrected chi connectivity index (χ3v) is 6.11. The molecule has 3 rings (SSSR count). The number of aromatic nitrogens is 1. The van der Waals surface area contributed by atoms with Gasteiger partial charge in [-0.15, -0.1) is 23.1 Å². The van der Waals surface area contributed by atoms with Crippen LogP contribution >= 0.6 is 23.1 Å². The number of amides is 1. The molecule has 158 valence electrons. The molecule has 0 saturated carbocycles. The minimum Gasteiger partial charge on any atom is -0.466 e. The Labute approximate surface area is 181 Å². The molecule has 30 heavy (non-hydrogen) atoms. The van der Waals surface area contributed by atoms with Crippen LogP contribution in [0.15, 0.2) is 41.3 Å². The minimum atomic E-state index is -0.944. The Kier molecular flexibility index (Phi) is 7.38. The van der Waals surface area contributed by atoms with Crippen LogP contribution in [0.5, 0.6) is 0 Å². The average Bonchev–Trinajstić information content (AvgIpc) is 3.17. The molecule has 0 spiro atoms. The fourth-order valence-corrected chi connectivity index (χ4v) is 4.23. The summed E-state index contributed by atoms with van der Waals surface area (Å²) in [5.41, 5.74) is 0.970. The van der Waals surface area contributed by atoms with Gasteiger partial charge in [0, 0.05) is 17.0 Å². The highest BCUT2D eigenvalue weighted by atomic mass is 32.2. The quantitative estimate of drug-likeness (QED) is 0.350. The standard InChI is InChI=1S/C21H20F2N2O3S2/c1-3-28-19(27)11-10-18(26)25(13-4-6-14(29-2)7-5-13)12-17-24-16-9-8-15(22)20(23)21(16)30-17/h4-9H,3,10-12H2,1-2H3. The molecule has 0 atom stereocenters. The van der Waals surface area contributed by atoms with E-state index >= 15 is 0 Å². The first-order valence-corrected chi connectivity index (χ1v) is 11.3. The number of anilines is 1. The first-order chi connectivity index (χ1) is 14.4. The molecular formula is C21H20F2N2O3S2. The van der Waals surface area contributed by atoms with Crippen LogP contribution in [0.1, 0.15) is 24.8 Å². The highest BCUT2D eigenvalue weighted by Gasteiger charge is 2.21. The molecule has 1 amide bonds. The first-order valence-electron chi connectivity index (χ1n) is 9.26. The maximum Gasteiger partial charge on any atom is 0.306 e. The lowest BCUT2D eigenvalue weighted by atomic mass is 10.2. The number of carbonyl (C=O) groups is 2. The van der Waals surface area contributed by atoms with Crippen LogP contribution in [-0.4, -0.2) is 29.7 Å². The number of nitrogens with zero attached hydrogens (tertiary/aromatic N) is 2. The summed E-state index contributed by atoms with van der Waals surface area (Å²) in [6.07, 6.45) is 1.88. The number of esters is 1. The van der Waals surface area contributed by atoms with Crippen LogP contribution in [0.2, 0.25) is 0 Å². The Morgan fingerprint density at radius 3 is 2.53 bits per heavy atom. The predicted molar refractivity (Wildman–Crippen MR) is 115 cm³/mol. The maximum absolute atomic E-state index is 14.1. The van der Waals surface area contributed by atoms with Gasteiger partial charge in [0.2, 0.25) is 5.91 Å². The van der Waals surface area contributed by atoms with Gasteiger partial charge in [0.05, 0.1) is 29.8 Å². The second-order valence-electron chi connectivity index (χ2n) is 6.30. The summed E-state index contributed by atoms with van der Waals surface area (Å²) in [4.78, 5) is 31.4. The van der Waals surface area contributed by atoms with Crippen molar-refractivity contribution in [1.82, 2.24) is 4.98 Å². The Bertz CT molecular complexity index is 1050. The smallest absolute Gasteiger partial charge is 0.306 e.